The second-order valence-electron chi connectivity index (χ2n) is 23.1. The van der Waals surface area contributed by atoms with Gasteiger partial charge in [-0.05, 0) is 137 Å². The van der Waals surface area contributed by atoms with Gasteiger partial charge in [-0.15, -0.1) is 30.7 Å². The first-order valence-corrected chi connectivity index (χ1v) is 40.0. The summed E-state index contributed by atoms with van der Waals surface area (Å²) in [5, 5.41) is 74.6. The highest BCUT2D eigenvalue weighted by atomic mass is 32.2. The third-order valence-electron chi connectivity index (χ3n) is 15.2. The summed E-state index contributed by atoms with van der Waals surface area (Å²) >= 11 is 0. The Morgan fingerprint density at radius 3 is 1.23 bits per heavy atom. The molecule has 0 fully saturated rings. The smallest absolute Gasteiger partial charge is 0.297 e. The van der Waals surface area contributed by atoms with Crippen LogP contribution in [0.4, 0.5) is 68.2 Å². The van der Waals surface area contributed by atoms with Crippen molar-refractivity contribution >= 4 is 163 Å². The first-order valence-electron chi connectivity index (χ1n) is 30.5. The molecule has 10 rings (SSSR count). The maximum absolute atomic E-state index is 13.6. The lowest BCUT2D eigenvalue weighted by Crippen LogP contribution is -2.05. The van der Waals surface area contributed by atoms with Crippen LogP contribution in [0.3, 0.4) is 0 Å². The van der Waals surface area contributed by atoms with Crippen molar-refractivity contribution in [2.45, 2.75) is 40.6 Å². The molecule has 0 radical (unpaired) electrons. The third-order valence-corrected chi connectivity index (χ3v) is 20.0. The number of fused-ring (bicyclic) bond motifs is 2. The number of rotatable bonds is 28. The summed E-state index contributed by atoms with van der Waals surface area (Å²) in [5.74, 6) is -5.47. The zero-order valence-electron chi connectivity index (χ0n) is 55.8. The average molecular weight is 1580 g/mol. The molecule has 34 nitrogen and oxygen atoms in total. The van der Waals surface area contributed by atoms with Gasteiger partial charge in [-0.3, -0.25) is 26.9 Å². The van der Waals surface area contributed by atoms with Crippen molar-refractivity contribution in [2.24, 2.45) is 61.4 Å². The number of hydrogen-bond donors (Lipinski definition) is 7. The van der Waals surface area contributed by atoms with Crippen LogP contribution in [0.25, 0.3) is 33.7 Å². The normalized spacial score (nSPS) is 13.0. The molecule has 7 N–H and O–H groups in total. The second-order valence-corrected chi connectivity index (χ2v) is 32.0. The van der Waals surface area contributed by atoms with Crippen LogP contribution in [-0.2, 0) is 93.7 Å². The molecule has 554 valence electrons. The summed E-state index contributed by atoms with van der Waals surface area (Å²) < 4.78 is 212. The minimum atomic E-state index is -4.87. The lowest BCUT2D eigenvalue weighted by atomic mass is 9.99. The molecule has 40 heteroatoms. The number of azo groups is 6. The minimum Gasteiger partial charge on any atom is -0.505 e. The minimum absolute atomic E-state index is 0.0454. The predicted octanol–water partition coefficient (Wildman–Crippen LogP) is 16.7. The van der Waals surface area contributed by atoms with Crippen molar-refractivity contribution in [3.8, 4) is 23.0 Å². The van der Waals surface area contributed by atoms with E-state index in [1.807, 2.05) is 0 Å². The fourth-order valence-corrected chi connectivity index (χ4v) is 14.5. The van der Waals surface area contributed by atoms with E-state index in [9.17, 15) is 83.5 Å². The highest BCUT2D eigenvalue weighted by Crippen LogP contribution is 2.47. The maximum Gasteiger partial charge on any atom is 0.297 e. The van der Waals surface area contributed by atoms with Crippen LogP contribution in [0, 0.1) is 6.92 Å². The van der Waals surface area contributed by atoms with Gasteiger partial charge in [0, 0.05) is 44.8 Å². The Morgan fingerprint density at radius 2 is 0.738 bits per heavy atom. The molecule has 0 aliphatic rings. The molecular weight excluding hydrogens is 1520 g/mol. The van der Waals surface area contributed by atoms with E-state index in [1.165, 1.54) is 166 Å². The molecule has 0 heterocycles. The number of phenols is 2. The van der Waals surface area contributed by atoms with E-state index in [2.05, 4.69) is 61.4 Å². The van der Waals surface area contributed by atoms with E-state index in [0.717, 1.165) is 13.2 Å². The molecule has 107 heavy (non-hydrogen) atoms. The highest BCUT2D eigenvalue weighted by Gasteiger charge is 2.25. The quantitative estimate of drug-likeness (QED) is 0.0104. The van der Waals surface area contributed by atoms with Gasteiger partial charge in [0.2, 0.25) is 0 Å². The van der Waals surface area contributed by atoms with Gasteiger partial charge in [-0.1, -0.05) is 66.7 Å². The van der Waals surface area contributed by atoms with Crippen LogP contribution in [-0.4, -0.2) is 105 Å². The largest absolute Gasteiger partial charge is 0.505 e. The third kappa shape index (κ3) is 21.0. The number of nitrogens with zero attached hydrogens (tertiary/aromatic N) is 12. The topological polar surface area (TPSA) is 522 Å². The second kappa shape index (κ2) is 32.2. The Labute approximate surface area is 610 Å². The van der Waals surface area contributed by atoms with Crippen LogP contribution in [0.5, 0.6) is 23.0 Å². The number of benzene rings is 10. The monoisotopic (exact) mass is 1570 g/mol. The van der Waals surface area contributed by atoms with E-state index in [-0.39, 0.29) is 129 Å². The number of phenolic OH excluding ortho intramolecular Hbond substituents is 2. The number of hydrogen-bond acceptors (Lipinski definition) is 29. The van der Waals surface area contributed by atoms with Crippen LogP contribution < -0.4 is 9.47 Å². The summed E-state index contributed by atoms with van der Waals surface area (Å²) in [6, 6.07) is 38.4. The lowest BCUT2D eigenvalue weighted by Gasteiger charge is -2.13. The molecule has 0 atom stereocenters. The number of methoxy groups -OCH3 is 2. The van der Waals surface area contributed by atoms with Gasteiger partial charge in [0.1, 0.15) is 67.9 Å². The summed E-state index contributed by atoms with van der Waals surface area (Å²) in [7, 11) is -24.3. The molecule has 0 aromatic heterocycles. The Kier molecular flexibility index (Phi) is 23.6. The van der Waals surface area contributed by atoms with Gasteiger partial charge >= 0.3 is 0 Å². The van der Waals surface area contributed by atoms with Gasteiger partial charge < -0.3 is 19.7 Å². The summed E-state index contributed by atoms with van der Waals surface area (Å²) in [6.45, 7) is 1.61. The molecule has 0 bridgehead atoms. The lowest BCUT2D eigenvalue weighted by molar-refractivity contribution is 0.397. The summed E-state index contributed by atoms with van der Waals surface area (Å²) in [5.41, 5.74) is 0.625. The summed E-state index contributed by atoms with van der Waals surface area (Å²) in [6.07, 6.45) is 2.51. The predicted molar refractivity (Wildman–Crippen MR) is 392 cm³/mol. The fourth-order valence-electron chi connectivity index (χ4n) is 10.6. The Morgan fingerprint density at radius 1 is 0.346 bits per heavy atom. The molecule has 0 saturated carbocycles. The van der Waals surface area contributed by atoms with E-state index >= 15 is 0 Å². The molecule has 10 aromatic carbocycles. The van der Waals surface area contributed by atoms with Crippen molar-refractivity contribution < 1.29 is 97.1 Å². The molecule has 0 aliphatic heterocycles. The average Bonchev–Trinajstić information content (AvgIpc) is 0.767. The number of aryl methyl sites for hydroxylation is 1. The van der Waals surface area contributed by atoms with Crippen molar-refractivity contribution in [1.82, 2.24) is 0 Å². The van der Waals surface area contributed by atoms with Crippen LogP contribution in [0.1, 0.15) is 44.5 Å². The van der Waals surface area contributed by atoms with Crippen molar-refractivity contribution in [2.75, 3.05) is 21.3 Å². The molecule has 0 saturated heterocycles. The first-order chi connectivity index (χ1) is 50.4. The molecule has 10 aromatic rings. The molecular formula is C67H58N12O22S6. The summed E-state index contributed by atoms with van der Waals surface area (Å²) in [4.78, 5) is -0.541. The fraction of sp³-hybridized carbons (Fsp3) is 0.134. The standard InChI is InChI=1S/C67H58N12O22S6/c1-39-14-23-57(75-77-59-25-22-51(32-61(59)100-3)71-69-48-11-6-9-41(27-48)35-103(85,86)87)55-30-46(38-106(94,95)96)65(67(81)63(39)55)79-72-49-19-17-42(44(28-49)36-104(88,89)90)15-16-43-18-20-52(33-62(43)107(97,98)101-4)73-78-64-45(37-105(91,92)93)29-54-53(66(64)80)12-7-13-56(54)74-76-58-24-21-50(31-60(58)99-2)70-68-47-10-5-8-40(26-47)34-102(82,83)84/h5-33,80-81H,34-38H2,1-4H3,(H,82,83,84)(H,85,86,87)(H,88,89,90)(H,91,92,93)(H,94,95,96)/b16-15+,70-68?,71-69?,76-74?,77-75?,78-73?,79-72?. The van der Waals surface area contributed by atoms with Crippen LogP contribution >= 0.6 is 0 Å². The van der Waals surface area contributed by atoms with E-state index in [0.29, 0.717) is 5.56 Å². The van der Waals surface area contributed by atoms with Crippen LogP contribution in [0.15, 0.2) is 230 Å². The Hall–Kier alpha value is -11.3. The Balaban J connectivity index is 0.920. The zero-order chi connectivity index (χ0) is 77.4. The first kappa shape index (κ1) is 78.3. The van der Waals surface area contributed by atoms with Gasteiger partial charge in [-0.2, -0.15) is 81.2 Å². The molecule has 0 amide bonds. The highest BCUT2D eigenvalue weighted by molar-refractivity contribution is 7.87. The Bertz CT molecular complexity index is 6180. The van der Waals surface area contributed by atoms with Gasteiger partial charge in [0.25, 0.3) is 60.7 Å². The van der Waals surface area contributed by atoms with E-state index in [4.69, 9.17) is 13.7 Å². The SMILES string of the molecule is COc1cc(N=Nc2cccc(CS(=O)(=O)O)c2)ccc1N=Nc1cccc2c(O)c(N=Nc3ccc(/C=C/c4ccc(N=Nc5c(CS(=O)(=O)O)cc6c(N=Nc7ccc(N=Nc8cccc(CS(=O)(=O)O)c8)cc7OC)ccc(C)c6c5O)cc4CS(=O)(=O)O)c(S(=O)(=O)OC)c3)c(CS(=O)(=O)O)cc12. The maximum atomic E-state index is 13.6. The van der Waals surface area contributed by atoms with Crippen molar-refractivity contribution in [3.63, 3.8) is 0 Å². The van der Waals surface area contributed by atoms with Crippen molar-refractivity contribution in [1.29, 1.82) is 0 Å². The molecule has 0 aliphatic carbocycles. The molecule has 0 unspecified atom stereocenters. The van der Waals surface area contributed by atoms with Gasteiger partial charge in [-0.25, -0.2) is 0 Å². The van der Waals surface area contributed by atoms with Gasteiger partial charge in [0.05, 0.1) is 66.8 Å². The van der Waals surface area contributed by atoms with Crippen LogP contribution in [0.2, 0.25) is 0 Å². The zero-order valence-corrected chi connectivity index (χ0v) is 60.7. The van der Waals surface area contributed by atoms with E-state index < -0.39 is 117 Å². The van der Waals surface area contributed by atoms with Gasteiger partial charge in [0.15, 0.2) is 11.5 Å². The number of aromatic hydroxyl groups is 2. The van der Waals surface area contributed by atoms with Crippen molar-refractivity contribution in [3.05, 3.63) is 208 Å². The molecule has 0 spiro atoms. The number of ether oxygens (including phenoxy) is 2. The van der Waals surface area contributed by atoms with E-state index in [1.54, 1.807) is 25.1 Å².